The average Bonchev–Trinajstić information content (AvgIpc) is 2.72. The first-order valence-electron chi connectivity index (χ1n) is 11.9. The zero-order valence-corrected chi connectivity index (χ0v) is 18.3. The van der Waals surface area contributed by atoms with Crippen molar-refractivity contribution in [2.75, 3.05) is 0 Å². The molecule has 0 aromatic heterocycles. The van der Waals surface area contributed by atoms with Crippen molar-refractivity contribution in [3.63, 3.8) is 0 Å². The summed E-state index contributed by atoms with van der Waals surface area (Å²) in [6.45, 7) is 3.79. The van der Waals surface area contributed by atoms with Crippen LogP contribution in [0.3, 0.4) is 0 Å². The molecule has 0 N–H and O–H groups in total. The van der Waals surface area contributed by atoms with Gasteiger partial charge in [0.2, 0.25) is 0 Å². The van der Waals surface area contributed by atoms with Crippen molar-refractivity contribution in [2.45, 2.75) is 95.6 Å². The predicted octanol–water partition coefficient (Wildman–Crippen LogP) is 9.20. The van der Waals surface area contributed by atoms with Crippen LogP contribution in [0.5, 0.6) is 0 Å². The molecule has 1 aromatic rings. The lowest BCUT2D eigenvalue weighted by Crippen LogP contribution is -2.18. The van der Waals surface area contributed by atoms with Gasteiger partial charge in [-0.25, -0.2) is 8.78 Å². The van der Waals surface area contributed by atoms with E-state index in [2.05, 4.69) is 6.58 Å². The number of allylic oxidation sites excluding steroid dienone is 1. The molecule has 31 heavy (non-hydrogen) atoms. The zero-order valence-electron chi connectivity index (χ0n) is 18.3. The molecule has 2 saturated carbocycles. The van der Waals surface area contributed by atoms with Crippen LogP contribution >= 0.6 is 0 Å². The highest BCUT2D eigenvalue weighted by atomic mass is 19.4. The molecule has 0 saturated heterocycles. The summed E-state index contributed by atoms with van der Waals surface area (Å²) < 4.78 is 66.2. The van der Waals surface area contributed by atoms with Crippen molar-refractivity contribution in [2.24, 2.45) is 17.8 Å². The van der Waals surface area contributed by atoms with E-state index in [0.717, 1.165) is 56.1 Å². The molecule has 1 aromatic carbocycles. The molecule has 0 aliphatic heterocycles. The highest BCUT2D eigenvalue weighted by Gasteiger charge is 2.38. The summed E-state index contributed by atoms with van der Waals surface area (Å²) in [6.07, 6.45) is 12.1. The van der Waals surface area contributed by atoms with Gasteiger partial charge in [-0.1, -0.05) is 51.0 Å². The standard InChI is InChI=1S/C26H35F5/c1-2-3-4-5-18-6-8-19(9-7-18)10-11-20-12-14-21(15-13-20)22-16-23(27)25(24(28)17-22)26(29,30)31/h2,16-21H,1,3-15H2/t18-,19-,20-,21-. The van der Waals surface area contributed by atoms with Crippen LogP contribution in [0.4, 0.5) is 22.0 Å². The van der Waals surface area contributed by atoms with Crippen molar-refractivity contribution in [1.82, 2.24) is 0 Å². The largest absolute Gasteiger partial charge is 0.422 e. The van der Waals surface area contributed by atoms with E-state index < -0.39 is 23.4 Å². The Morgan fingerprint density at radius 3 is 1.68 bits per heavy atom. The molecule has 2 aliphatic carbocycles. The number of hydrogen-bond acceptors (Lipinski definition) is 0. The summed E-state index contributed by atoms with van der Waals surface area (Å²) in [4.78, 5) is 0. The second-order valence-electron chi connectivity index (χ2n) is 9.76. The van der Waals surface area contributed by atoms with Gasteiger partial charge in [0.15, 0.2) is 0 Å². The molecule has 0 amide bonds. The quantitative estimate of drug-likeness (QED) is 0.214. The van der Waals surface area contributed by atoms with Crippen molar-refractivity contribution >= 4 is 0 Å². The third-order valence-electron chi connectivity index (χ3n) is 7.64. The molecule has 0 heterocycles. The fraction of sp³-hybridized carbons (Fsp3) is 0.692. The van der Waals surface area contributed by atoms with E-state index in [9.17, 15) is 22.0 Å². The SMILES string of the molecule is C=CCCC[C@H]1CC[C@H](CC[C@H]2CC[C@H](c3cc(F)c(C(F)(F)F)c(F)c3)CC2)CC1. The second kappa shape index (κ2) is 11.0. The molecular formula is C26H35F5. The fourth-order valence-electron chi connectivity index (χ4n) is 5.71. The summed E-state index contributed by atoms with van der Waals surface area (Å²) in [7, 11) is 0. The molecule has 5 heteroatoms. The third kappa shape index (κ3) is 6.79. The summed E-state index contributed by atoms with van der Waals surface area (Å²) in [5.74, 6) is -0.698. The number of benzene rings is 1. The van der Waals surface area contributed by atoms with Gasteiger partial charge in [0.05, 0.1) is 0 Å². The Morgan fingerprint density at radius 1 is 0.774 bits per heavy atom. The van der Waals surface area contributed by atoms with Crippen LogP contribution in [0.1, 0.15) is 101 Å². The minimum atomic E-state index is -5.00. The van der Waals surface area contributed by atoms with E-state index >= 15 is 0 Å². The number of alkyl halides is 3. The molecule has 0 spiro atoms. The Bertz CT molecular complexity index is 684. The van der Waals surface area contributed by atoms with Gasteiger partial charge in [0, 0.05) is 0 Å². The molecule has 0 bridgehead atoms. The normalized spacial score (nSPS) is 27.3. The number of unbranched alkanes of at least 4 members (excludes halogenated alkanes) is 1. The first-order chi connectivity index (χ1) is 14.8. The lowest BCUT2D eigenvalue weighted by molar-refractivity contribution is -0.142. The summed E-state index contributed by atoms with van der Waals surface area (Å²) in [5.41, 5.74) is -1.41. The van der Waals surface area contributed by atoms with E-state index in [1.165, 1.54) is 51.4 Å². The van der Waals surface area contributed by atoms with Crippen LogP contribution < -0.4 is 0 Å². The van der Waals surface area contributed by atoms with E-state index in [0.29, 0.717) is 11.5 Å². The maximum absolute atomic E-state index is 13.9. The van der Waals surface area contributed by atoms with E-state index in [1.54, 1.807) is 0 Å². The lowest BCUT2D eigenvalue weighted by atomic mass is 9.74. The van der Waals surface area contributed by atoms with Crippen LogP contribution in [-0.2, 0) is 6.18 Å². The zero-order chi connectivity index (χ0) is 22.4. The van der Waals surface area contributed by atoms with Crippen molar-refractivity contribution in [3.8, 4) is 0 Å². The Hall–Kier alpha value is -1.39. The fourth-order valence-corrected chi connectivity index (χ4v) is 5.71. The van der Waals surface area contributed by atoms with Gasteiger partial charge in [-0.3, -0.25) is 0 Å². The molecule has 0 atom stereocenters. The minimum Gasteiger partial charge on any atom is -0.206 e. The molecule has 0 radical (unpaired) electrons. The average molecular weight is 443 g/mol. The Balaban J connectivity index is 1.41. The molecule has 2 aliphatic rings. The monoisotopic (exact) mass is 442 g/mol. The van der Waals surface area contributed by atoms with Gasteiger partial charge >= 0.3 is 6.18 Å². The van der Waals surface area contributed by atoms with Gasteiger partial charge in [0.25, 0.3) is 0 Å². The lowest BCUT2D eigenvalue weighted by Gasteiger charge is -2.32. The van der Waals surface area contributed by atoms with Gasteiger partial charge in [-0.2, -0.15) is 13.2 Å². The smallest absolute Gasteiger partial charge is 0.206 e. The molecule has 3 rings (SSSR count). The van der Waals surface area contributed by atoms with Gasteiger partial charge in [0.1, 0.15) is 17.2 Å². The van der Waals surface area contributed by atoms with Crippen molar-refractivity contribution in [1.29, 1.82) is 0 Å². The Morgan fingerprint density at radius 2 is 1.23 bits per heavy atom. The maximum atomic E-state index is 13.9. The second-order valence-corrected chi connectivity index (χ2v) is 9.76. The minimum absolute atomic E-state index is 0.0476. The highest BCUT2D eigenvalue weighted by molar-refractivity contribution is 5.30. The van der Waals surface area contributed by atoms with E-state index in [1.807, 2.05) is 6.08 Å². The third-order valence-corrected chi connectivity index (χ3v) is 7.64. The topological polar surface area (TPSA) is 0 Å². The Labute approximate surface area is 183 Å². The van der Waals surface area contributed by atoms with Crippen molar-refractivity contribution in [3.05, 3.63) is 47.5 Å². The van der Waals surface area contributed by atoms with Gasteiger partial charge in [-0.05, 0) is 79.9 Å². The van der Waals surface area contributed by atoms with E-state index in [-0.39, 0.29) is 5.92 Å². The number of rotatable bonds is 8. The van der Waals surface area contributed by atoms with Gasteiger partial charge in [-0.15, -0.1) is 6.58 Å². The van der Waals surface area contributed by atoms with Crippen LogP contribution in [0.15, 0.2) is 24.8 Å². The molecule has 0 unspecified atom stereocenters. The van der Waals surface area contributed by atoms with Crippen LogP contribution in [0.2, 0.25) is 0 Å². The van der Waals surface area contributed by atoms with Gasteiger partial charge < -0.3 is 0 Å². The summed E-state index contributed by atoms with van der Waals surface area (Å²) in [5, 5.41) is 0. The summed E-state index contributed by atoms with van der Waals surface area (Å²) in [6, 6.07) is 1.79. The van der Waals surface area contributed by atoms with E-state index in [4.69, 9.17) is 0 Å². The highest BCUT2D eigenvalue weighted by Crippen LogP contribution is 2.42. The first-order valence-corrected chi connectivity index (χ1v) is 11.9. The van der Waals surface area contributed by atoms with Crippen LogP contribution in [0.25, 0.3) is 0 Å². The Kier molecular flexibility index (Phi) is 8.58. The van der Waals surface area contributed by atoms with Crippen LogP contribution in [-0.4, -0.2) is 0 Å². The first kappa shape index (κ1) is 24.3. The number of hydrogen-bond donors (Lipinski definition) is 0. The molecule has 174 valence electrons. The van der Waals surface area contributed by atoms with Crippen LogP contribution in [0, 0.1) is 29.4 Å². The maximum Gasteiger partial charge on any atom is 0.422 e. The predicted molar refractivity (Wildman–Crippen MR) is 115 cm³/mol. The summed E-state index contributed by atoms with van der Waals surface area (Å²) >= 11 is 0. The molecule has 0 nitrogen and oxygen atoms in total. The molecule has 2 fully saturated rings. The number of halogens is 5. The van der Waals surface area contributed by atoms with Crippen molar-refractivity contribution < 1.29 is 22.0 Å². The molecular weight excluding hydrogens is 407 g/mol.